The molecule has 3 aliphatic heterocycles. The third kappa shape index (κ3) is 3.42. The Labute approximate surface area is 149 Å². The van der Waals surface area contributed by atoms with E-state index in [9.17, 15) is 18.0 Å². The number of likely N-dealkylation sites (tertiary alicyclic amines) is 1. The molecule has 26 heavy (non-hydrogen) atoms. The molecule has 3 rings (SSSR count). The van der Waals surface area contributed by atoms with E-state index in [-0.39, 0.29) is 31.4 Å². The molecular formula is C12H19N7O6S. The lowest BCUT2D eigenvalue weighted by Crippen LogP contribution is -2.55. The Morgan fingerprint density at radius 1 is 1.27 bits per heavy atom. The van der Waals surface area contributed by atoms with Crippen molar-refractivity contribution < 1.29 is 26.8 Å². The van der Waals surface area contributed by atoms with Gasteiger partial charge in [0.05, 0.1) is 18.0 Å². The number of nitrogens with one attached hydrogen (secondary N) is 1. The monoisotopic (exact) mass is 389 g/mol. The zero-order valence-corrected chi connectivity index (χ0v) is 14.4. The van der Waals surface area contributed by atoms with Crippen molar-refractivity contribution in [2.45, 2.75) is 24.9 Å². The summed E-state index contributed by atoms with van der Waals surface area (Å²) >= 11 is 0. The summed E-state index contributed by atoms with van der Waals surface area (Å²) in [5, 5.41) is 7.85. The Morgan fingerprint density at radius 3 is 2.50 bits per heavy atom. The van der Waals surface area contributed by atoms with Crippen LogP contribution in [-0.4, -0.2) is 83.3 Å². The molecule has 3 amide bonds. The maximum absolute atomic E-state index is 12.3. The maximum Gasteiger partial charge on any atom is 0.418 e. The highest BCUT2D eigenvalue weighted by atomic mass is 32.3. The van der Waals surface area contributed by atoms with E-state index in [1.165, 1.54) is 9.80 Å². The zero-order valence-electron chi connectivity index (χ0n) is 13.6. The summed E-state index contributed by atoms with van der Waals surface area (Å²) in [6.07, 6.45) is 0.739. The van der Waals surface area contributed by atoms with E-state index in [1.54, 1.807) is 0 Å². The van der Waals surface area contributed by atoms with Gasteiger partial charge in [0.25, 0.3) is 5.91 Å². The van der Waals surface area contributed by atoms with Crippen LogP contribution in [0.3, 0.4) is 0 Å². The smallest absolute Gasteiger partial charge is 0.385 e. The summed E-state index contributed by atoms with van der Waals surface area (Å²) < 4.78 is 34.8. The predicted octanol–water partition coefficient (Wildman–Crippen LogP) is -2.30. The van der Waals surface area contributed by atoms with E-state index in [0.29, 0.717) is 17.9 Å². The molecule has 13 nitrogen and oxygen atoms in total. The second-order valence-corrected chi connectivity index (χ2v) is 7.38. The number of rotatable bonds is 4. The van der Waals surface area contributed by atoms with Crippen LogP contribution in [0.1, 0.15) is 12.8 Å². The van der Waals surface area contributed by atoms with E-state index in [2.05, 4.69) is 9.28 Å². The lowest BCUT2D eigenvalue weighted by molar-refractivity contribution is -0.125. The van der Waals surface area contributed by atoms with Crippen LogP contribution < -0.4 is 11.5 Å². The molecule has 6 N–H and O–H groups in total. The minimum absolute atomic E-state index is 0.0446. The molecule has 0 radical (unpaired) electrons. The number of aliphatic imine (C=N–C) groups is 1. The zero-order chi connectivity index (χ0) is 19.2. The number of piperidine rings is 1. The van der Waals surface area contributed by atoms with Crippen LogP contribution in [0.2, 0.25) is 0 Å². The van der Waals surface area contributed by atoms with E-state index < -0.39 is 40.3 Å². The first kappa shape index (κ1) is 18.3. The largest absolute Gasteiger partial charge is 0.418 e. The van der Waals surface area contributed by atoms with Crippen molar-refractivity contribution in [1.29, 1.82) is 5.41 Å². The molecular weight excluding hydrogens is 370 g/mol. The molecule has 14 heteroatoms. The number of nitrogens with two attached hydrogens (primary N) is 2. The number of fused-ring (bicyclic) bond motifs is 2. The molecule has 0 aromatic rings. The molecule has 144 valence electrons. The average Bonchev–Trinajstić information content (AvgIpc) is 2.69. The van der Waals surface area contributed by atoms with Crippen LogP contribution in [-0.2, 0) is 19.5 Å². The highest BCUT2D eigenvalue weighted by Crippen LogP contribution is 2.31. The maximum atomic E-state index is 12.3. The minimum atomic E-state index is -4.82. The van der Waals surface area contributed by atoms with Gasteiger partial charge in [-0.1, -0.05) is 0 Å². The quantitative estimate of drug-likeness (QED) is 0.232. The Morgan fingerprint density at radius 2 is 1.92 bits per heavy atom. The molecule has 0 aliphatic carbocycles. The van der Waals surface area contributed by atoms with Gasteiger partial charge < -0.3 is 21.3 Å². The summed E-state index contributed by atoms with van der Waals surface area (Å²) in [4.78, 5) is 31.1. The fourth-order valence-electron chi connectivity index (χ4n) is 3.26. The summed E-state index contributed by atoms with van der Waals surface area (Å²) in [5.74, 6) is -1.04. The Hall–Kier alpha value is -2.45. The third-order valence-corrected chi connectivity index (χ3v) is 5.00. The van der Waals surface area contributed by atoms with Gasteiger partial charge >= 0.3 is 16.4 Å². The van der Waals surface area contributed by atoms with Crippen molar-refractivity contribution in [3.63, 3.8) is 0 Å². The second kappa shape index (κ2) is 6.37. The molecule has 0 spiro atoms. The Bertz CT molecular complexity index is 777. The molecule has 3 saturated heterocycles. The van der Waals surface area contributed by atoms with Crippen molar-refractivity contribution in [2.24, 2.45) is 22.4 Å². The fourth-order valence-corrected chi connectivity index (χ4v) is 3.65. The average molecular weight is 389 g/mol. The number of amides is 3. The third-order valence-electron chi connectivity index (χ3n) is 4.65. The van der Waals surface area contributed by atoms with Gasteiger partial charge in [0, 0.05) is 19.6 Å². The summed E-state index contributed by atoms with van der Waals surface area (Å²) in [6.45, 7) is 0.720. The number of hydroxylamine groups is 2. The van der Waals surface area contributed by atoms with Gasteiger partial charge in [-0.25, -0.2) is 4.79 Å². The van der Waals surface area contributed by atoms with Gasteiger partial charge in [-0.05, 0) is 12.8 Å². The number of nitrogens with zero attached hydrogens (tertiary/aromatic N) is 4. The molecule has 2 bridgehead atoms. The molecule has 3 heterocycles. The number of amidine groups is 1. The number of urea groups is 1. The predicted molar refractivity (Wildman–Crippen MR) is 87.0 cm³/mol. The minimum Gasteiger partial charge on any atom is -0.385 e. The van der Waals surface area contributed by atoms with Gasteiger partial charge in [0.1, 0.15) is 5.84 Å². The number of carbonyl (C=O) groups is 2. The highest BCUT2D eigenvalue weighted by molar-refractivity contribution is 7.80. The number of hydrogen-bond donors (Lipinski definition) is 4. The van der Waals surface area contributed by atoms with E-state index in [0.717, 1.165) is 0 Å². The second-order valence-electron chi connectivity index (χ2n) is 6.37. The first-order valence-corrected chi connectivity index (χ1v) is 9.17. The molecule has 2 atom stereocenters. The molecule has 0 aromatic heterocycles. The molecule has 3 aliphatic rings. The summed E-state index contributed by atoms with van der Waals surface area (Å²) in [7, 11) is -4.82. The normalized spacial score (nSPS) is 26.9. The van der Waals surface area contributed by atoms with Crippen molar-refractivity contribution in [1.82, 2.24) is 14.9 Å². The standard InChI is InChI=1S/C12H19N7O6S/c13-9(16-10(20)6-3-17(4-6)11(14)15)8-2-1-7-5-18(8)12(21)19(7)25-26(22,23)24/h6-8H,1-5H2,(H3,14,15)(H2,13,16,20)(H,22,23,24)/t7-,8+/m1/s1. The van der Waals surface area contributed by atoms with E-state index in [4.69, 9.17) is 21.4 Å². The first-order chi connectivity index (χ1) is 12.1. The van der Waals surface area contributed by atoms with Crippen molar-refractivity contribution in [3.05, 3.63) is 0 Å². The lowest BCUT2D eigenvalue weighted by atomic mass is 9.98. The summed E-state index contributed by atoms with van der Waals surface area (Å²) in [5.41, 5.74) is 11.2. The van der Waals surface area contributed by atoms with Crippen LogP contribution in [0, 0.1) is 11.3 Å². The van der Waals surface area contributed by atoms with Crippen molar-refractivity contribution in [3.8, 4) is 0 Å². The molecule has 0 saturated carbocycles. The fraction of sp³-hybridized carbons (Fsp3) is 0.667. The Balaban J connectivity index is 1.66. The van der Waals surface area contributed by atoms with Crippen LogP contribution in [0.4, 0.5) is 4.79 Å². The number of carbonyl (C=O) groups excluding carboxylic acids is 2. The van der Waals surface area contributed by atoms with Crippen LogP contribution >= 0.6 is 0 Å². The Kier molecular flexibility index (Phi) is 4.49. The van der Waals surface area contributed by atoms with E-state index >= 15 is 0 Å². The summed E-state index contributed by atoms with van der Waals surface area (Å²) in [6, 6.07) is -1.98. The van der Waals surface area contributed by atoms with Crippen LogP contribution in [0.15, 0.2) is 4.99 Å². The van der Waals surface area contributed by atoms with Gasteiger partial charge in [-0.3, -0.25) is 14.8 Å². The van der Waals surface area contributed by atoms with E-state index in [1.807, 2.05) is 0 Å². The van der Waals surface area contributed by atoms with Crippen molar-refractivity contribution in [2.75, 3.05) is 19.6 Å². The van der Waals surface area contributed by atoms with Gasteiger partial charge in [0.15, 0.2) is 5.96 Å². The number of guanidine groups is 1. The molecule has 0 unspecified atom stereocenters. The highest BCUT2D eigenvalue weighted by Gasteiger charge is 2.48. The molecule has 3 fully saturated rings. The SMILES string of the molecule is N=C(N)N1CC(C(=O)N=C(N)[C@@H]2CC[C@@H]3CN2C(=O)N3OS(=O)(=O)O)C1. The van der Waals surface area contributed by atoms with Crippen LogP contribution in [0.25, 0.3) is 0 Å². The van der Waals surface area contributed by atoms with Gasteiger partial charge in [0.2, 0.25) is 0 Å². The molecule has 0 aromatic carbocycles. The van der Waals surface area contributed by atoms with Gasteiger partial charge in [-0.15, -0.1) is 4.28 Å². The number of hydrogen-bond acceptors (Lipinski definition) is 6. The lowest BCUT2D eigenvalue weighted by Gasteiger charge is -2.37. The topological polar surface area (TPSA) is 196 Å². The van der Waals surface area contributed by atoms with Gasteiger partial charge in [-0.2, -0.15) is 18.5 Å². The van der Waals surface area contributed by atoms with Crippen molar-refractivity contribution >= 4 is 34.1 Å². The van der Waals surface area contributed by atoms with Crippen LogP contribution in [0.5, 0.6) is 0 Å². The first-order valence-electron chi connectivity index (χ1n) is 7.80.